The normalized spacial score (nSPS) is 24.1. The van der Waals surface area contributed by atoms with Gasteiger partial charge in [-0.05, 0) is 12.8 Å². The Labute approximate surface area is 66.9 Å². The van der Waals surface area contributed by atoms with Gasteiger partial charge in [-0.15, -0.1) is 0 Å². The molecule has 0 radical (unpaired) electrons. The summed E-state index contributed by atoms with van der Waals surface area (Å²) in [6.45, 7) is 4.53. The molecule has 0 bridgehead atoms. The fraction of sp³-hybridized carbons (Fsp3) is 0.625. The quantitative estimate of drug-likeness (QED) is 0.568. The van der Waals surface area contributed by atoms with Crippen molar-refractivity contribution in [3.05, 3.63) is 12.3 Å². The minimum Gasteiger partial charge on any atom is -0.388 e. The van der Waals surface area contributed by atoms with Gasteiger partial charge in [0.2, 0.25) is 5.91 Å². The van der Waals surface area contributed by atoms with Gasteiger partial charge >= 0.3 is 0 Å². The lowest BCUT2D eigenvalue weighted by Crippen LogP contribution is -2.38. The molecule has 1 aliphatic rings. The monoisotopic (exact) mass is 154 g/mol. The fourth-order valence-corrected chi connectivity index (χ4v) is 1.23. The van der Waals surface area contributed by atoms with Crippen molar-refractivity contribution in [2.75, 3.05) is 13.6 Å². The molecule has 1 amide bonds. The Bertz CT molecular complexity index is 167. The third kappa shape index (κ3) is 1.97. The second-order valence-corrected chi connectivity index (χ2v) is 2.83. The zero-order valence-corrected chi connectivity index (χ0v) is 6.81. The largest absolute Gasteiger partial charge is 0.388 e. The van der Waals surface area contributed by atoms with Crippen LogP contribution in [0.1, 0.15) is 12.8 Å². The van der Waals surface area contributed by atoms with Gasteiger partial charge in [0.25, 0.3) is 0 Å². The molecular weight excluding hydrogens is 140 g/mol. The van der Waals surface area contributed by atoms with E-state index >= 15 is 0 Å². The molecule has 1 rings (SSSR count). The third-order valence-corrected chi connectivity index (χ3v) is 2.01. The molecule has 0 aromatic rings. The molecule has 11 heavy (non-hydrogen) atoms. The third-order valence-electron chi connectivity index (χ3n) is 2.01. The molecule has 0 aliphatic carbocycles. The van der Waals surface area contributed by atoms with E-state index in [1.807, 2.05) is 0 Å². The van der Waals surface area contributed by atoms with Crippen molar-refractivity contribution in [3.63, 3.8) is 0 Å². The Morgan fingerprint density at radius 3 is 3.00 bits per heavy atom. The van der Waals surface area contributed by atoms with Crippen LogP contribution in [0, 0.1) is 5.92 Å². The summed E-state index contributed by atoms with van der Waals surface area (Å²) in [7, 11) is 1.67. The molecule has 1 heterocycles. The fourth-order valence-electron chi connectivity index (χ4n) is 1.23. The molecule has 1 unspecified atom stereocenters. The number of amides is 1. The standard InChI is InChI=1S/C8H14N2O/c1-6-3-4-7(5-10-6)8(11)9-2/h7,10H,1,3-5H2,2H3,(H,9,11). The lowest BCUT2D eigenvalue weighted by molar-refractivity contribution is -0.124. The van der Waals surface area contributed by atoms with Gasteiger partial charge in [0.1, 0.15) is 0 Å². The number of rotatable bonds is 1. The molecular formula is C8H14N2O. The molecule has 3 nitrogen and oxygen atoms in total. The summed E-state index contributed by atoms with van der Waals surface area (Å²) in [5.41, 5.74) is 1.05. The Kier molecular flexibility index (Phi) is 2.52. The van der Waals surface area contributed by atoms with E-state index in [4.69, 9.17) is 0 Å². The van der Waals surface area contributed by atoms with Crippen LogP contribution in [0.5, 0.6) is 0 Å². The van der Waals surface area contributed by atoms with Crippen molar-refractivity contribution >= 4 is 5.91 Å². The van der Waals surface area contributed by atoms with Gasteiger partial charge in [-0.25, -0.2) is 0 Å². The second-order valence-electron chi connectivity index (χ2n) is 2.83. The van der Waals surface area contributed by atoms with Crippen LogP contribution in [0.4, 0.5) is 0 Å². The molecule has 1 saturated heterocycles. The number of carbonyl (C=O) groups is 1. The molecule has 1 atom stereocenters. The predicted molar refractivity (Wildman–Crippen MR) is 43.9 cm³/mol. The first-order chi connectivity index (χ1) is 5.24. The Morgan fingerprint density at radius 1 is 1.82 bits per heavy atom. The Morgan fingerprint density at radius 2 is 2.55 bits per heavy atom. The van der Waals surface area contributed by atoms with E-state index < -0.39 is 0 Å². The average molecular weight is 154 g/mol. The summed E-state index contributed by atoms with van der Waals surface area (Å²) in [5, 5.41) is 5.73. The smallest absolute Gasteiger partial charge is 0.224 e. The van der Waals surface area contributed by atoms with E-state index in [1.54, 1.807) is 7.05 Å². The van der Waals surface area contributed by atoms with Gasteiger partial charge in [-0.3, -0.25) is 4.79 Å². The van der Waals surface area contributed by atoms with Crippen LogP contribution in [0.2, 0.25) is 0 Å². The number of allylic oxidation sites excluding steroid dienone is 1. The summed E-state index contributed by atoms with van der Waals surface area (Å²) in [6.07, 6.45) is 1.84. The van der Waals surface area contributed by atoms with E-state index in [1.165, 1.54) is 0 Å². The van der Waals surface area contributed by atoms with E-state index in [-0.39, 0.29) is 11.8 Å². The first-order valence-corrected chi connectivity index (χ1v) is 3.87. The minimum absolute atomic E-state index is 0.130. The van der Waals surface area contributed by atoms with Gasteiger partial charge in [-0.2, -0.15) is 0 Å². The summed E-state index contributed by atoms with van der Waals surface area (Å²) in [6, 6.07) is 0. The topological polar surface area (TPSA) is 41.1 Å². The molecule has 0 aromatic carbocycles. The predicted octanol–water partition coefficient (Wildman–Crippen LogP) is 0.246. The number of nitrogens with one attached hydrogen (secondary N) is 2. The van der Waals surface area contributed by atoms with Crippen LogP contribution < -0.4 is 10.6 Å². The zero-order chi connectivity index (χ0) is 8.27. The molecule has 3 heteroatoms. The molecule has 1 aliphatic heterocycles. The lowest BCUT2D eigenvalue weighted by Gasteiger charge is -2.23. The van der Waals surface area contributed by atoms with Crippen LogP contribution in [0.15, 0.2) is 12.3 Å². The maximum absolute atomic E-state index is 11.1. The van der Waals surface area contributed by atoms with Crippen LogP contribution >= 0.6 is 0 Å². The summed E-state index contributed by atoms with van der Waals surface area (Å²) < 4.78 is 0. The highest BCUT2D eigenvalue weighted by Gasteiger charge is 2.20. The van der Waals surface area contributed by atoms with Crippen molar-refractivity contribution in [1.82, 2.24) is 10.6 Å². The van der Waals surface area contributed by atoms with Gasteiger partial charge in [-0.1, -0.05) is 6.58 Å². The average Bonchev–Trinajstić information content (AvgIpc) is 2.05. The van der Waals surface area contributed by atoms with Crippen molar-refractivity contribution in [2.45, 2.75) is 12.8 Å². The molecule has 0 spiro atoms. The Hall–Kier alpha value is -0.990. The number of piperidine rings is 1. The van der Waals surface area contributed by atoms with E-state index in [0.717, 1.165) is 25.1 Å². The lowest BCUT2D eigenvalue weighted by atomic mass is 9.97. The highest BCUT2D eigenvalue weighted by Crippen LogP contribution is 2.14. The van der Waals surface area contributed by atoms with Crippen LogP contribution in [0.3, 0.4) is 0 Å². The number of carbonyl (C=O) groups excluding carboxylic acids is 1. The minimum atomic E-state index is 0.130. The first-order valence-electron chi connectivity index (χ1n) is 3.87. The molecule has 0 aromatic heterocycles. The van der Waals surface area contributed by atoms with Crippen molar-refractivity contribution < 1.29 is 4.79 Å². The summed E-state index contributed by atoms with van der Waals surface area (Å²) in [5.74, 6) is 0.260. The van der Waals surface area contributed by atoms with Crippen LogP contribution in [-0.4, -0.2) is 19.5 Å². The summed E-state index contributed by atoms with van der Waals surface area (Å²) >= 11 is 0. The first kappa shape index (κ1) is 8.11. The van der Waals surface area contributed by atoms with E-state index in [0.29, 0.717) is 0 Å². The maximum atomic E-state index is 11.1. The van der Waals surface area contributed by atoms with Gasteiger partial charge in [0, 0.05) is 19.3 Å². The second kappa shape index (κ2) is 3.42. The van der Waals surface area contributed by atoms with E-state index in [2.05, 4.69) is 17.2 Å². The van der Waals surface area contributed by atoms with Gasteiger partial charge in [0.15, 0.2) is 0 Å². The van der Waals surface area contributed by atoms with Crippen LogP contribution in [0.25, 0.3) is 0 Å². The van der Waals surface area contributed by atoms with Gasteiger partial charge in [0.05, 0.1) is 5.92 Å². The number of hydrogen-bond acceptors (Lipinski definition) is 2. The Balaban J connectivity index is 2.39. The van der Waals surface area contributed by atoms with Crippen molar-refractivity contribution in [1.29, 1.82) is 0 Å². The van der Waals surface area contributed by atoms with Crippen molar-refractivity contribution in [3.8, 4) is 0 Å². The zero-order valence-electron chi connectivity index (χ0n) is 6.81. The molecule has 62 valence electrons. The molecule has 1 fully saturated rings. The summed E-state index contributed by atoms with van der Waals surface area (Å²) in [4.78, 5) is 11.1. The highest BCUT2D eigenvalue weighted by molar-refractivity contribution is 5.78. The van der Waals surface area contributed by atoms with Gasteiger partial charge < -0.3 is 10.6 Å². The molecule has 2 N–H and O–H groups in total. The van der Waals surface area contributed by atoms with Crippen LogP contribution in [-0.2, 0) is 4.79 Å². The maximum Gasteiger partial charge on any atom is 0.224 e. The van der Waals surface area contributed by atoms with E-state index in [9.17, 15) is 4.79 Å². The highest BCUT2D eigenvalue weighted by atomic mass is 16.1. The molecule has 0 saturated carbocycles. The number of hydrogen-bond donors (Lipinski definition) is 2. The van der Waals surface area contributed by atoms with Crippen molar-refractivity contribution in [2.24, 2.45) is 5.92 Å². The SMILES string of the molecule is C=C1CCC(C(=O)NC)CN1.